The molecule has 0 aromatic heterocycles. The highest BCUT2D eigenvalue weighted by Crippen LogP contribution is 2.25. The Morgan fingerprint density at radius 1 is 1.09 bits per heavy atom. The van der Waals surface area contributed by atoms with Gasteiger partial charge < -0.3 is 5.11 Å². The maximum absolute atomic E-state index is 13.2. The summed E-state index contributed by atoms with van der Waals surface area (Å²) in [6, 6.07) is 17.2. The summed E-state index contributed by atoms with van der Waals surface area (Å²) in [7, 11) is -4.03. The molecule has 2 N–H and O–H groups in total. The van der Waals surface area contributed by atoms with Gasteiger partial charge in [0.1, 0.15) is 5.75 Å². The van der Waals surface area contributed by atoms with Gasteiger partial charge in [-0.15, -0.1) is 0 Å². The zero-order valence-corrected chi connectivity index (χ0v) is 20.9. The number of hydrazone groups is 1. The molecule has 3 aromatic carbocycles. The lowest BCUT2D eigenvalue weighted by Crippen LogP contribution is -2.39. The van der Waals surface area contributed by atoms with Gasteiger partial charge in [-0.1, -0.05) is 63.4 Å². The van der Waals surface area contributed by atoms with E-state index in [-0.39, 0.29) is 22.2 Å². The van der Waals surface area contributed by atoms with Crippen molar-refractivity contribution >= 4 is 61.3 Å². The van der Waals surface area contributed by atoms with Crippen LogP contribution in [0.1, 0.15) is 11.1 Å². The molecule has 3 aromatic rings. The third-order valence-corrected chi connectivity index (χ3v) is 7.33. The molecule has 7 nitrogen and oxygen atoms in total. The summed E-state index contributed by atoms with van der Waals surface area (Å²) in [5.41, 5.74) is 3.13. The number of halogens is 3. The number of aromatic hydroxyl groups is 1. The zero-order chi connectivity index (χ0) is 24.0. The topological polar surface area (TPSA) is 99.1 Å². The lowest BCUT2D eigenvalue weighted by atomic mass is 10.2. The quantitative estimate of drug-likeness (QED) is 0.300. The summed E-state index contributed by atoms with van der Waals surface area (Å²) < 4.78 is 28.2. The van der Waals surface area contributed by atoms with Crippen LogP contribution in [0.5, 0.6) is 5.75 Å². The highest BCUT2D eigenvalue weighted by molar-refractivity contribution is 9.10. The van der Waals surface area contributed by atoms with Gasteiger partial charge in [0.15, 0.2) is 0 Å². The van der Waals surface area contributed by atoms with Crippen molar-refractivity contribution in [1.29, 1.82) is 0 Å². The number of carbonyl (C=O) groups excluding carboxylic acids is 1. The molecular weight excluding hydrogens is 553 g/mol. The van der Waals surface area contributed by atoms with Gasteiger partial charge in [0.2, 0.25) is 10.0 Å². The average molecular weight is 571 g/mol. The van der Waals surface area contributed by atoms with Gasteiger partial charge in [-0.25, -0.2) is 13.8 Å². The molecule has 0 aliphatic carbocycles. The van der Waals surface area contributed by atoms with E-state index in [0.717, 1.165) is 4.31 Å². The van der Waals surface area contributed by atoms with Crippen LogP contribution < -0.4 is 5.43 Å². The Hall–Kier alpha value is -2.43. The second-order valence-electron chi connectivity index (χ2n) is 6.82. The van der Waals surface area contributed by atoms with Gasteiger partial charge in [-0.3, -0.25) is 4.79 Å². The molecule has 1 amide bonds. The number of hydrogen-bond acceptors (Lipinski definition) is 5. The second kappa shape index (κ2) is 11.1. The van der Waals surface area contributed by atoms with E-state index < -0.39 is 22.5 Å². The molecule has 172 valence electrons. The SMILES string of the molecule is O=C(CN(Cc1ccc(Cl)cc1Cl)S(=O)(=O)c1ccccc1)N/N=C\c1cc(Br)ccc1O. The summed E-state index contributed by atoms with van der Waals surface area (Å²) in [5, 5.41) is 14.4. The number of phenolic OH excluding ortho intramolecular Hbond substituents is 1. The lowest BCUT2D eigenvalue weighted by Gasteiger charge is -2.22. The standard InChI is InChI=1S/C22H18BrCl2N3O4S/c23-17-7-9-21(29)16(10-17)12-26-27-22(30)14-28(13-15-6-8-18(24)11-20(15)25)33(31,32)19-4-2-1-3-5-19/h1-12,29H,13-14H2,(H,27,30)/b26-12-. The van der Waals surface area contributed by atoms with Crippen LogP contribution >= 0.6 is 39.1 Å². The number of amides is 1. The summed E-state index contributed by atoms with van der Waals surface area (Å²) in [4.78, 5) is 12.6. The minimum absolute atomic E-state index is 0.0261. The van der Waals surface area contributed by atoms with Crippen molar-refractivity contribution < 1.29 is 18.3 Å². The van der Waals surface area contributed by atoms with E-state index in [4.69, 9.17) is 23.2 Å². The van der Waals surface area contributed by atoms with Crippen molar-refractivity contribution in [2.24, 2.45) is 5.10 Å². The first kappa shape index (κ1) is 25.2. The molecular formula is C22H18BrCl2N3O4S. The van der Waals surface area contributed by atoms with Crippen LogP contribution in [0, 0.1) is 0 Å². The highest BCUT2D eigenvalue weighted by Gasteiger charge is 2.27. The molecule has 0 aliphatic rings. The molecule has 0 saturated carbocycles. The molecule has 0 saturated heterocycles. The fourth-order valence-electron chi connectivity index (χ4n) is 2.81. The molecule has 33 heavy (non-hydrogen) atoms. The monoisotopic (exact) mass is 569 g/mol. The maximum Gasteiger partial charge on any atom is 0.255 e. The molecule has 0 unspecified atom stereocenters. The summed E-state index contributed by atoms with van der Waals surface area (Å²) in [5.74, 6) is -0.702. The number of nitrogens with one attached hydrogen (secondary N) is 1. The predicted molar refractivity (Wildman–Crippen MR) is 132 cm³/mol. The Morgan fingerprint density at radius 3 is 2.52 bits per heavy atom. The summed E-state index contributed by atoms with van der Waals surface area (Å²) in [6.07, 6.45) is 1.25. The molecule has 0 aliphatic heterocycles. The number of phenols is 1. The first-order valence-corrected chi connectivity index (χ1v) is 12.5. The molecule has 3 rings (SSSR count). The number of benzene rings is 3. The van der Waals surface area contributed by atoms with Gasteiger partial charge in [0.05, 0.1) is 17.7 Å². The number of rotatable bonds is 8. The molecule has 0 radical (unpaired) electrons. The third kappa shape index (κ3) is 6.78. The van der Waals surface area contributed by atoms with Crippen molar-refractivity contribution in [3.63, 3.8) is 0 Å². The number of hydrogen-bond donors (Lipinski definition) is 2. The fourth-order valence-corrected chi connectivity index (χ4v) is 5.05. The van der Waals surface area contributed by atoms with Crippen molar-refractivity contribution in [2.45, 2.75) is 11.4 Å². The van der Waals surface area contributed by atoms with Gasteiger partial charge >= 0.3 is 0 Å². The molecule has 0 bridgehead atoms. The van der Waals surface area contributed by atoms with E-state index in [9.17, 15) is 18.3 Å². The average Bonchev–Trinajstić information content (AvgIpc) is 2.78. The van der Waals surface area contributed by atoms with E-state index >= 15 is 0 Å². The fraction of sp³-hybridized carbons (Fsp3) is 0.0909. The van der Waals surface area contributed by atoms with Gasteiger partial charge in [-0.2, -0.15) is 9.41 Å². The van der Waals surface area contributed by atoms with Crippen LogP contribution in [0.15, 0.2) is 81.2 Å². The van der Waals surface area contributed by atoms with E-state index in [1.54, 1.807) is 42.5 Å². The minimum atomic E-state index is -4.03. The number of nitrogens with zero attached hydrogens (tertiary/aromatic N) is 2. The highest BCUT2D eigenvalue weighted by atomic mass is 79.9. The normalized spacial score (nSPS) is 11.8. The molecule has 0 heterocycles. The van der Waals surface area contributed by atoms with Crippen LogP contribution in [-0.2, 0) is 21.4 Å². The van der Waals surface area contributed by atoms with E-state index in [2.05, 4.69) is 26.5 Å². The predicted octanol–water partition coefficient (Wildman–Crippen LogP) is 4.80. The summed E-state index contributed by atoms with van der Waals surface area (Å²) in [6.45, 7) is -0.672. The smallest absolute Gasteiger partial charge is 0.255 e. The Bertz CT molecular complexity index is 1290. The number of sulfonamides is 1. The molecule has 0 spiro atoms. The van der Waals surface area contributed by atoms with Crippen molar-refractivity contribution in [3.8, 4) is 5.75 Å². The van der Waals surface area contributed by atoms with Crippen LogP contribution in [0.2, 0.25) is 10.0 Å². The van der Waals surface area contributed by atoms with Crippen LogP contribution in [0.3, 0.4) is 0 Å². The van der Waals surface area contributed by atoms with Gasteiger partial charge in [-0.05, 0) is 48.0 Å². The lowest BCUT2D eigenvalue weighted by molar-refractivity contribution is -0.121. The van der Waals surface area contributed by atoms with E-state index in [0.29, 0.717) is 20.6 Å². The Kier molecular flexibility index (Phi) is 8.50. The zero-order valence-electron chi connectivity index (χ0n) is 17.0. The maximum atomic E-state index is 13.2. The molecule has 0 fully saturated rings. The first-order chi connectivity index (χ1) is 15.7. The van der Waals surface area contributed by atoms with E-state index in [1.807, 2.05) is 0 Å². The molecule has 0 atom stereocenters. The second-order valence-corrected chi connectivity index (χ2v) is 10.5. The van der Waals surface area contributed by atoms with Crippen LogP contribution in [0.25, 0.3) is 0 Å². The van der Waals surface area contributed by atoms with Crippen LogP contribution in [0.4, 0.5) is 0 Å². The minimum Gasteiger partial charge on any atom is -0.507 e. The number of carbonyl (C=O) groups is 1. The van der Waals surface area contributed by atoms with Gasteiger partial charge in [0.25, 0.3) is 5.91 Å². The van der Waals surface area contributed by atoms with Crippen LogP contribution in [-0.4, -0.2) is 36.5 Å². The Labute approximate surface area is 209 Å². The van der Waals surface area contributed by atoms with Crippen molar-refractivity contribution in [2.75, 3.05) is 6.54 Å². The first-order valence-electron chi connectivity index (χ1n) is 9.46. The molecule has 11 heteroatoms. The largest absolute Gasteiger partial charge is 0.507 e. The van der Waals surface area contributed by atoms with E-state index in [1.165, 1.54) is 30.5 Å². The Morgan fingerprint density at radius 2 is 1.82 bits per heavy atom. The van der Waals surface area contributed by atoms with Gasteiger partial charge in [0, 0.05) is 26.6 Å². The Balaban J connectivity index is 1.82. The third-order valence-electron chi connectivity index (χ3n) is 4.45. The van der Waals surface area contributed by atoms with Crippen molar-refractivity contribution in [3.05, 3.63) is 92.4 Å². The van der Waals surface area contributed by atoms with Crippen molar-refractivity contribution in [1.82, 2.24) is 9.73 Å². The summed E-state index contributed by atoms with van der Waals surface area (Å²) >= 11 is 15.4.